The average Bonchev–Trinajstić information content (AvgIpc) is 2.64. The van der Waals surface area contributed by atoms with Gasteiger partial charge in [0.05, 0.1) is 19.1 Å². The van der Waals surface area contributed by atoms with Gasteiger partial charge in [0.2, 0.25) is 0 Å². The molecule has 0 aliphatic heterocycles. The van der Waals surface area contributed by atoms with E-state index in [1.807, 2.05) is 6.92 Å². The fourth-order valence-electron chi connectivity index (χ4n) is 3.13. The van der Waals surface area contributed by atoms with Crippen LogP contribution < -0.4 is 4.74 Å². The first kappa shape index (κ1) is 20.1. The largest absolute Gasteiger partial charge is 0.494 e. The smallest absolute Gasteiger partial charge is 0.254 e. The number of carbonyl (C=O) groups excluding carboxylic acids is 3. The molecule has 6 heteroatoms. The molecular formula is C20H27NO5. The molecule has 0 aromatic heterocycles. The van der Waals surface area contributed by atoms with Crippen molar-refractivity contribution in [3.63, 3.8) is 0 Å². The second-order valence-corrected chi connectivity index (χ2v) is 6.48. The first-order chi connectivity index (χ1) is 12.6. The third kappa shape index (κ3) is 5.39. The Labute approximate surface area is 154 Å². The van der Waals surface area contributed by atoms with Gasteiger partial charge in [-0.2, -0.15) is 0 Å². The SMILES string of the molecule is CCN(C(=O)c1ccc(OCCCCCO)cc1)C1CCC(=O)CC1=O. The first-order valence-corrected chi connectivity index (χ1v) is 9.26. The van der Waals surface area contributed by atoms with Gasteiger partial charge in [-0.15, -0.1) is 0 Å². The maximum atomic E-state index is 12.8. The van der Waals surface area contributed by atoms with Gasteiger partial charge in [0, 0.05) is 25.1 Å². The molecule has 6 nitrogen and oxygen atoms in total. The van der Waals surface area contributed by atoms with Gasteiger partial charge < -0.3 is 14.7 Å². The lowest BCUT2D eigenvalue weighted by Crippen LogP contribution is -2.47. The van der Waals surface area contributed by atoms with Gasteiger partial charge in [0.25, 0.3) is 5.91 Å². The molecule has 1 unspecified atom stereocenters. The molecule has 0 saturated heterocycles. The minimum absolute atomic E-state index is 0.0461. The monoisotopic (exact) mass is 361 g/mol. The Bertz CT molecular complexity index is 626. The van der Waals surface area contributed by atoms with E-state index in [1.165, 1.54) is 0 Å². The summed E-state index contributed by atoms with van der Waals surface area (Å²) in [4.78, 5) is 37.9. The highest BCUT2D eigenvalue weighted by atomic mass is 16.5. The van der Waals surface area contributed by atoms with E-state index in [2.05, 4.69) is 0 Å². The maximum absolute atomic E-state index is 12.8. The van der Waals surface area contributed by atoms with Crippen molar-refractivity contribution in [2.45, 2.75) is 51.5 Å². The van der Waals surface area contributed by atoms with Gasteiger partial charge >= 0.3 is 0 Å². The van der Waals surface area contributed by atoms with E-state index in [4.69, 9.17) is 9.84 Å². The molecule has 1 aliphatic rings. The Morgan fingerprint density at radius 3 is 2.54 bits per heavy atom. The van der Waals surface area contributed by atoms with Crippen LogP contribution >= 0.6 is 0 Å². The normalized spacial score (nSPS) is 17.2. The summed E-state index contributed by atoms with van der Waals surface area (Å²) < 4.78 is 5.62. The number of Topliss-reactive ketones (excluding diaryl/α,β-unsaturated/α-hetero) is 2. The van der Waals surface area contributed by atoms with Crippen LogP contribution in [0.15, 0.2) is 24.3 Å². The minimum Gasteiger partial charge on any atom is -0.494 e. The number of ketones is 2. The van der Waals surface area contributed by atoms with Crippen molar-refractivity contribution in [2.75, 3.05) is 19.8 Å². The number of rotatable bonds is 9. The molecule has 1 aromatic rings. The van der Waals surface area contributed by atoms with Crippen LogP contribution in [0.25, 0.3) is 0 Å². The number of hydrogen-bond donors (Lipinski definition) is 1. The highest BCUT2D eigenvalue weighted by molar-refractivity contribution is 6.06. The van der Waals surface area contributed by atoms with Crippen molar-refractivity contribution in [2.24, 2.45) is 0 Å². The number of unbranched alkanes of at least 4 members (excludes halogenated alkanes) is 2. The molecule has 1 amide bonds. The van der Waals surface area contributed by atoms with Gasteiger partial charge in [-0.25, -0.2) is 0 Å². The van der Waals surface area contributed by atoms with Gasteiger partial charge in [-0.05, 0) is 56.9 Å². The van der Waals surface area contributed by atoms with Crippen LogP contribution in [0.4, 0.5) is 0 Å². The quantitative estimate of drug-likeness (QED) is 0.539. The summed E-state index contributed by atoms with van der Waals surface area (Å²) in [5.74, 6) is 0.275. The van der Waals surface area contributed by atoms with Gasteiger partial charge in [-0.3, -0.25) is 14.4 Å². The van der Waals surface area contributed by atoms with Crippen LogP contribution in [0.1, 0.15) is 55.8 Å². The van der Waals surface area contributed by atoms with Crippen molar-refractivity contribution in [3.05, 3.63) is 29.8 Å². The number of nitrogens with zero attached hydrogens (tertiary/aromatic N) is 1. The molecule has 1 fully saturated rings. The molecule has 1 saturated carbocycles. The number of benzene rings is 1. The van der Waals surface area contributed by atoms with E-state index in [1.54, 1.807) is 29.2 Å². The molecule has 1 aliphatic carbocycles. The highest BCUT2D eigenvalue weighted by Crippen LogP contribution is 2.21. The average molecular weight is 361 g/mol. The fourth-order valence-corrected chi connectivity index (χ4v) is 3.13. The minimum atomic E-state index is -0.507. The summed E-state index contributed by atoms with van der Waals surface area (Å²) in [5, 5.41) is 8.74. The number of carbonyl (C=O) groups is 3. The molecule has 0 radical (unpaired) electrons. The number of ether oxygens (including phenoxy) is 1. The molecular weight excluding hydrogens is 334 g/mol. The molecule has 2 rings (SSSR count). The Hall–Kier alpha value is -2.21. The summed E-state index contributed by atoms with van der Waals surface area (Å²) in [5.41, 5.74) is 0.504. The second-order valence-electron chi connectivity index (χ2n) is 6.48. The van der Waals surface area contributed by atoms with Crippen LogP contribution in [0.2, 0.25) is 0 Å². The zero-order valence-electron chi connectivity index (χ0n) is 15.3. The maximum Gasteiger partial charge on any atom is 0.254 e. The van der Waals surface area contributed by atoms with E-state index in [-0.39, 0.29) is 30.5 Å². The van der Waals surface area contributed by atoms with Crippen molar-refractivity contribution >= 4 is 17.5 Å². The third-order valence-electron chi connectivity index (χ3n) is 4.59. The van der Waals surface area contributed by atoms with Crippen LogP contribution in [0, 0.1) is 0 Å². The number of aliphatic hydroxyl groups excluding tert-OH is 1. The molecule has 142 valence electrons. The van der Waals surface area contributed by atoms with E-state index in [0.29, 0.717) is 37.3 Å². The predicted octanol–water partition coefficient (Wildman–Crippen LogP) is 2.38. The lowest BCUT2D eigenvalue weighted by Gasteiger charge is -2.32. The Morgan fingerprint density at radius 2 is 1.92 bits per heavy atom. The number of amides is 1. The van der Waals surface area contributed by atoms with E-state index >= 15 is 0 Å². The predicted molar refractivity (Wildman–Crippen MR) is 97.2 cm³/mol. The molecule has 1 atom stereocenters. The summed E-state index contributed by atoms with van der Waals surface area (Å²) in [6.45, 7) is 3.03. The van der Waals surface area contributed by atoms with Gasteiger partial charge in [0.1, 0.15) is 11.5 Å². The van der Waals surface area contributed by atoms with Crippen LogP contribution in [0.3, 0.4) is 0 Å². The standard InChI is InChI=1S/C20H27NO5/c1-2-21(18-11-8-16(23)14-19(18)24)20(25)15-6-9-17(10-7-15)26-13-5-3-4-12-22/h6-7,9-10,18,22H,2-5,8,11-14H2,1H3. The number of hydrogen-bond acceptors (Lipinski definition) is 5. The van der Waals surface area contributed by atoms with Gasteiger partial charge in [-0.1, -0.05) is 0 Å². The number of likely N-dealkylation sites (N-methyl/N-ethyl adjacent to an activating group) is 1. The van der Waals surface area contributed by atoms with Crippen LogP contribution in [-0.2, 0) is 9.59 Å². The molecule has 1 N–H and O–H groups in total. The summed E-state index contributed by atoms with van der Waals surface area (Å²) in [6.07, 6.45) is 3.24. The lowest BCUT2D eigenvalue weighted by molar-refractivity contribution is -0.133. The molecule has 0 heterocycles. The van der Waals surface area contributed by atoms with E-state index < -0.39 is 6.04 Å². The zero-order valence-corrected chi connectivity index (χ0v) is 15.3. The lowest BCUT2D eigenvalue weighted by atomic mass is 9.91. The van der Waals surface area contributed by atoms with Crippen molar-refractivity contribution in [1.82, 2.24) is 4.90 Å². The summed E-state index contributed by atoms with van der Waals surface area (Å²) >= 11 is 0. The zero-order chi connectivity index (χ0) is 18.9. The number of aliphatic hydroxyl groups is 1. The highest BCUT2D eigenvalue weighted by Gasteiger charge is 2.33. The van der Waals surface area contributed by atoms with Crippen molar-refractivity contribution in [3.8, 4) is 5.75 Å². The summed E-state index contributed by atoms with van der Waals surface area (Å²) in [6, 6.07) is 6.39. The second kappa shape index (κ2) is 10.1. The van der Waals surface area contributed by atoms with Crippen molar-refractivity contribution in [1.29, 1.82) is 0 Å². The third-order valence-corrected chi connectivity index (χ3v) is 4.59. The van der Waals surface area contributed by atoms with Crippen LogP contribution in [0.5, 0.6) is 5.75 Å². The Balaban J connectivity index is 1.95. The molecule has 0 spiro atoms. The van der Waals surface area contributed by atoms with Gasteiger partial charge in [0.15, 0.2) is 5.78 Å². The fraction of sp³-hybridized carbons (Fsp3) is 0.550. The Kier molecular flexibility index (Phi) is 7.78. The molecule has 26 heavy (non-hydrogen) atoms. The van der Waals surface area contributed by atoms with Crippen LogP contribution in [-0.4, -0.2) is 53.3 Å². The summed E-state index contributed by atoms with van der Waals surface area (Å²) in [7, 11) is 0. The molecule has 0 bridgehead atoms. The Morgan fingerprint density at radius 1 is 1.19 bits per heavy atom. The van der Waals surface area contributed by atoms with E-state index in [0.717, 1.165) is 19.3 Å². The van der Waals surface area contributed by atoms with Crippen molar-refractivity contribution < 1.29 is 24.2 Å². The topological polar surface area (TPSA) is 83.9 Å². The van der Waals surface area contributed by atoms with E-state index in [9.17, 15) is 14.4 Å². The molecule has 1 aromatic carbocycles. The first-order valence-electron chi connectivity index (χ1n) is 9.26.